The van der Waals surface area contributed by atoms with Gasteiger partial charge in [0.15, 0.2) is 0 Å². The van der Waals surface area contributed by atoms with E-state index in [1.165, 1.54) is 5.56 Å². The summed E-state index contributed by atoms with van der Waals surface area (Å²) in [6, 6.07) is 10.9. The normalized spacial score (nSPS) is 8.00. The van der Waals surface area contributed by atoms with E-state index in [1.54, 1.807) is 0 Å². The third-order valence-electron chi connectivity index (χ3n) is 0.865. The van der Waals surface area contributed by atoms with Crippen molar-refractivity contribution in [1.29, 1.82) is 0 Å². The van der Waals surface area contributed by atoms with Crippen LogP contribution in [0.25, 0.3) is 0 Å². The Labute approximate surface area is 92.8 Å². The van der Waals surface area contributed by atoms with Crippen LogP contribution in [0.5, 0.6) is 0 Å². The molecule has 0 N–H and O–H groups in total. The second kappa shape index (κ2) is 8.16. The van der Waals surface area contributed by atoms with E-state index in [9.17, 15) is 0 Å². The molecule has 0 fully saturated rings. The number of hydrogen-bond acceptors (Lipinski definition) is 0. The minimum atomic E-state index is -1.11. The predicted molar refractivity (Wildman–Crippen MR) is 56.8 cm³/mol. The zero-order chi connectivity index (χ0) is 8.69. The average molecular weight is 422 g/mol. The fraction of sp³-hybridized carbons (Fsp3) is 0.143. The Morgan fingerprint density at radius 2 is 1.82 bits per heavy atom. The van der Waals surface area contributed by atoms with Crippen molar-refractivity contribution in [1.82, 2.24) is 0 Å². The number of rotatable bonds is 0. The van der Waals surface area contributed by atoms with Crippen molar-refractivity contribution in [3.05, 3.63) is 35.9 Å². The number of hydrogen-bond donors (Lipinski definition) is 0. The zero-order valence-electron chi connectivity index (χ0n) is 5.94. The summed E-state index contributed by atoms with van der Waals surface area (Å²) < 4.78 is 0. The molecular formula is C7H7Br3Zr-. The van der Waals surface area contributed by atoms with Crippen molar-refractivity contribution in [3.8, 4) is 0 Å². The second-order valence-corrected chi connectivity index (χ2v) is 35.8. The number of aryl methyl sites for hydroxylation is 1. The molecule has 1 rings (SSSR count). The van der Waals surface area contributed by atoms with Crippen molar-refractivity contribution in [3.63, 3.8) is 0 Å². The average Bonchev–Trinajstić information content (AvgIpc) is 1.87. The third-order valence-corrected chi connectivity index (χ3v) is 0.865. The van der Waals surface area contributed by atoms with Crippen LogP contribution >= 0.6 is 36.7 Å². The van der Waals surface area contributed by atoms with Crippen LogP contribution in [0.3, 0.4) is 0 Å². The Kier molecular flexibility index (Phi) is 9.30. The maximum absolute atomic E-state index is 3.30. The van der Waals surface area contributed by atoms with Crippen LogP contribution in [0.4, 0.5) is 0 Å². The SMILES string of the molecule is Cc1[c-]cccc1.[Br][Zr]([Br])[Br]. The van der Waals surface area contributed by atoms with Crippen LogP contribution in [0.2, 0.25) is 0 Å². The van der Waals surface area contributed by atoms with Gasteiger partial charge in [-0.05, 0) is 0 Å². The summed E-state index contributed by atoms with van der Waals surface area (Å²) >= 11 is 8.80. The maximum atomic E-state index is 3.30. The molecule has 0 unspecified atom stereocenters. The van der Waals surface area contributed by atoms with Crippen LogP contribution in [0, 0.1) is 13.0 Å². The van der Waals surface area contributed by atoms with Crippen LogP contribution in [-0.4, -0.2) is 0 Å². The number of halogens is 3. The van der Waals surface area contributed by atoms with Crippen molar-refractivity contribution in [2.75, 3.05) is 0 Å². The van der Waals surface area contributed by atoms with Gasteiger partial charge in [-0.2, -0.15) is 35.9 Å². The van der Waals surface area contributed by atoms with Crippen LogP contribution in [0.1, 0.15) is 5.56 Å². The molecule has 4 heteroatoms. The Bertz CT molecular complexity index is 174. The van der Waals surface area contributed by atoms with Gasteiger partial charge in [0, 0.05) is 0 Å². The first-order valence-electron chi connectivity index (χ1n) is 2.89. The third kappa shape index (κ3) is 11.5. The van der Waals surface area contributed by atoms with Gasteiger partial charge in [-0.1, -0.05) is 6.92 Å². The molecular weight excluding hydrogens is 415 g/mol. The molecule has 0 aliphatic rings. The summed E-state index contributed by atoms with van der Waals surface area (Å²) in [7, 11) is 0. The molecule has 0 spiro atoms. The van der Waals surface area contributed by atoms with E-state index in [0.717, 1.165) is 0 Å². The summed E-state index contributed by atoms with van der Waals surface area (Å²) in [6.45, 7) is 2.03. The molecule has 0 bridgehead atoms. The first kappa shape index (κ1) is 12.5. The van der Waals surface area contributed by atoms with Gasteiger partial charge >= 0.3 is 51.4 Å². The molecule has 11 heavy (non-hydrogen) atoms. The fourth-order valence-electron chi connectivity index (χ4n) is 0.483. The predicted octanol–water partition coefficient (Wildman–Crippen LogP) is 4.33. The summed E-state index contributed by atoms with van der Waals surface area (Å²) in [5.74, 6) is 0. The molecule has 61 valence electrons. The summed E-state index contributed by atoms with van der Waals surface area (Å²) in [5, 5.41) is 0. The molecule has 0 nitrogen and oxygen atoms in total. The van der Waals surface area contributed by atoms with Crippen molar-refractivity contribution >= 4 is 36.7 Å². The van der Waals surface area contributed by atoms with Crippen LogP contribution in [0.15, 0.2) is 24.3 Å². The number of benzene rings is 1. The quantitative estimate of drug-likeness (QED) is 0.547. The topological polar surface area (TPSA) is 0 Å². The van der Waals surface area contributed by atoms with Gasteiger partial charge in [0.05, 0.1) is 0 Å². The van der Waals surface area contributed by atoms with Gasteiger partial charge in [-0.15, -0.1) is 0 Å². The molecule has 0 heterocycles. The van der Waals surface area contributed by atoms with Crippen LogP contribution in [-0.2, 0) is 14.7 Å². The van der Waals surface area contributed by atoms with Gasteiger partial charge in [-0.25, -0.2) is 0 Å². The fourth-order valence-corrected chi connectivity index (χ4v) is 0.483. The van der Waals surface area contributed by atoms with Crippen molar-refractivity contribution < 1.29 is 14.7 Å². The second-order valence-electron chi connectivity index (χ2n) is 1.76. The van der Waals surface area contributed by atoms with Gasteiger partial charge in [0.25, 0.3) is 0 Å². The van der Waals surface area contributed by atoms with Gasteiger partial charge in [-0.3, -0.25) is 0 Å². The standard InChI is InChI=1S/C7H7.3BrH.Zr/c1-7-5-3-2-4-6-7;;;;/h2-5H,1H3;3*1H;/q-1;;;;+3/p-3. The summed E-state index contributed by atoms with van der Waals surface area (Å²) in [5.41, 5.74) is 1.20. The first-order chi connectivity index (χ1) is 5.13. The van der Waals surface area contributed by atoms with Gasteiger partial charge in [0.2, 0.25) is 0 Å². The summed E-state index contributed by atoms with van der Waals surface area (Å²) in [6.07, 6.45) is 0. The molecule has 0 aromatic heterocycles. The molecule has 0 atom stereocenters. The molecule has 0 radical (unpaired) electrons. The van der Waals surface area contributed by atoms with E-state index < -0.39 is 14.7 Å². The minimum absolute atomic E-state index is 1.11. The molecule has 0 amide bonds. The summed E-state index contributed by atoms with van der Waals surface area (Å²) in [4.78, 5) is 0. The van der Waals surface area contributed by atoms with Gasteiger partial charge < -0.3 is 0 Å². The molecule has 0 aliphatic heterocycles. The monoisotopic (exact) mass is 418 g/mol. The van der Waals surface area contributed by atoms with E-state index in [-0.39, 0.29) is 0 Å². The molecule has 1 aromatic rings. The molecule has 0 saturated carbocycles. The Balaban J connectivity index is 0.000000218. The Morgan fingerprint density at radius 1 is 1.27 bits per heavy atom. The van der Waals surface area contributed by atoms with Gasteiger partial charge in [0.1, 0.15) is 0 Å². The molecule has 1 aromatic carbocycles. The Morgan fingerprint density at radius 3 is 2.00 bits per heavy atom. The molecule has 0 aliphatic carbocycles. The van der Waals surface area contributed by atoms with Crippen molar-refractivity contribution in [2.45, 2.75) is 6.92 Å². The Hall–Kier alpha value is 1.54. The molecule has 0 saturated heterocycles. The van der Waals surface area contributed by atoms with E-state index in [0.29, 0.717) is 0 Å². The van der Waals surface area contributed by atoms with E-state index in [2.05, 4.69) is 42.7 Å². The zero-order valence-corrected chi connectivity index (χ0v) is 13.2. The van der Waals surface area contributed by atoms with E-state index in [4.69, 9.17) is 0 Å². The van der Waals surface area contributed by atoms with Crippen molar-refractivity contribution in [2.24, 2.45) is 0 Å². The van der Waals surface area contributed by atoms with E-state index >= 15 is 0 Å². The van der Waals surface area contributed by atoms with Crippen LogP contribution < -0.4 is 0 Å². The van der Waals surface area contributed by atoms with E-state index in [1.807, 2.05) is 31.2 Å². The first-order valence-corrected chi connectivity index (χ1v) is 19.8.